The van der Waals surface area contributed by atoms with Crippen molar-refractivity contribution in [2.75, 3.05) is 13.1 Å². The van der Waals surface area contributed by atoms with Crippen LogP contribution in [0, 0.1) is 22.6 Å². The first-order valence-corrected chi connectivity index (χ1v) is 10.2. The molecule has 31 heavy (non-hydrogen) atoms. The van der Waals surface area contributed by atoms with Crippen LogP contribution in [0.5, 0.6) is 0 Å². The summed E-state index contributed by atoms with van der Waals surface area (Å²) in [6.07, 6.45) is 5.78. The Kier molecular flexibility index (Phi) is 5.72. The Balaban J connectivity index is 1.53. The number of nitriles is 1. The van der Waals surface area contributed by atoms with Gasteiger partial charge >= 0.3 is 0 Å². The number of rotatable bonds is 4. The van der Waals surface area contributed by atoms with Crippen LogP contribution in [0.2, 0.25) is 0 Å². The van der Waals surface area contributed by atoms with Crippen molar-refractivity contribution in [1.82, 2.24) is 19.9 Å². The molecule has 1 aromatic carbocycles. The van der Waals surface area contributed by atoms with Gasteiger partial charge in [-0.05, 0) is 54.7 Å². The van der Waals surface area contributed by atoms with Crippen molar-refractivity contribution in [2.24, 2.45) is 5.41 Å². The van der Waals surface area contributed by atoms with E-state index in [1.54, 1.807) is 47.6 Å². The lowest BCUT2D eigenvalue weighted by Crippen LogP contribution is -2.44. The Labute approximate surface area is 180 Å². The summed E-state index contributed by atoms with van der Waals surface area (Å²) >= 11 is 0. The highest BCUT2D eigenvalue weighted by atomic mass is 19.1. The van der Waals surface area contributed by atoms with Crippen molar-refractivity contribution in [3.05, 3.63) is 78.1 Å². The first-order valence-electron chi connectivity index (χ1n) is 10.2. The lowest BCUT2D eigenvalue weighted by Gasteiger charge is -2.41. The second-order valence-electron chi connectivity index (χ2n) is 7.83. The van der Waals surface area contributed by atoms with Crippen LogP contribution in [0.4, 0.5) is 4.39 Å². The average Bonchev–Trinajstić information content (AvgIpc) is 2.84. The molecular weight excluding hydrogens is 393 g/mol. The first-order chi connectivity index (χ1) is 15.0. The molecule has 0 spiro atoms. The number of carbonyl (C=O) groups excluding carboxylic acids is 1. The summed E-state index contributed by atoms with van der Waals surface area (Å²) in [5, 5.41) is 10.0. The van der Waals surface area contributed by atoms with E-state index >= 15 is 0 Å². The summed E-state index contributed by atoms with van der Waals surface area (Å²) in [5.41, 5.74) is 1.93. The third kappa shape index (κ3) is 4.02. The molecule has 1 atom stereocenters. The molecule has 1 aliphatic heterocycles. The number of nitrogens with zero attached hydrogens (tertiary/aromatic N) is 5. The maximum absolute atomic E-state index is 13.3. The molecule has 0 radical (unpaired) electrons. The number of benzene rings is 1. The van der Waals surface area contributed by atoms with Crippen LogP contribution in [-0.2, 0) is 0 Å². The normalized spacial score (nSPS) is 16.4. The van der Waals surface area contributed by atoms with Gasteiger partial charge in [0.1, 0.15) is 17.8 Å². The minimum absolute atomic E-state index is 0.0645. The van der Waals surface area contributed by atoms with Gasteiger partial charge in [0.15, 0.2) is 0 Å². The summed E-state index contributed by atoms with van der Waals surface area (Å²) in [6.45, 7) is 2.94. The third-order valence-corrected chi connectivity index (χ3v) is 6.23. The van der Waals surface area contributed by atoms with E-state index in [1.807, 2.05) is 6.92 Å². The van der Waals surface area contributed by atoms with Gasteiger partial charge in [-0.1, -0.05) is 19.1 Å². The maximum Gasteiger partial charge on any atom is 0.256 e. The predicted octanol–water partition coefficient (Wildman–Crippen LogP) is 4.23. The average molecular weight is 415 g/mol. The van der Waals surface area contributed by atoms with Gasteiger partial charge in [0.25, 0.3) is 5.91 Å². The van der Waals surface area contributed by atoms with Gasteiger partial charge in [-0.25, -0.2) is 14.4 Å². The number of halogens is 1. The highest BCUT2D eigenvalue weighted by Crippen LogP contribution is 2.44. The third-order valence-electron chi connectivity index (χ3n) is 6.23. The van der Waals surface area contributed by atoms with Crippen LogP contribution < -0.4 is 0 Å². The van der Waals surface area contributed by atoms with Gasteiger partial charge in [0.05, 0.1) is 22.7 Å². The molecule has 1 aliphatic rings. The van der Waals surface area contributed by atoms with Gasteiger partial charge in [-0.2, -0.15) is 5.26 Å². The van der Waals surface area contributed by atoms with Gasteiger partial charge in [-0.3, -0.25) is 9.78 Å². The Morgan fingerprint density at radius 1 is 1.13 bits per heavy atom. The number of piperidine rings is 1. The second-order valence-corrected chi connectivity index (χ2v) is 7.83. The van der Waals surface area contributed by atoms with Gasteiger partial charge in [0, 0.05) is 25.5 Å². The van der Waals surface area contributed by atoms with Crippen LogP contribution in [0.3, 0.4) is 0 Å². The van der Waals surface area contributed by atoms with E-state index in [-0.39, 0.29) is 17.6 Å². The lowest BCUT2D eigenvalue weighted by atomic mass is 9.68. The number of carbonyl (C=O) groups is 1. The molecule has 4 rings (SSSR count). The Hall–Kier alpha value is -3.66. The monoisotopic (exact) mass is 415 g/mol. The van der Waals surface area contributed by atoms with E-state index in [0.717, 1.165) is 5.56 Å². The highest BCUT2D eigenvalue weighted by Gasteiger charge is 2.41. The van der Waals surface area contributed by atoms with E-state index in [9.17, 15) is 14.4 Å². The molecular formula is C24H22FN5O. The summed E-state index contributed by atoms with van der Waals surface area (Å²) in [4.78, 5) is 27.6. The Morgan fingerprint density at radius 2 is 1.87 bits per heavy atom. The smallest absolute Gasteiger partial charge is 0.256 e. The van der Waals surface area contributed by atoms with Crippen molar-refractivity contribution < 1.29 is 9.18 Å². The van der Waals surface area contributed by atoms with E-state index < -0.39 is 5.41 Å². The summed E-state index contributed by atoms with van der Waals surface area (Å²) in [5.74, 6) is -0.480. The van der Waals surface area contributed by atoms with Crippen molar-refractivity contribution in [3.63, 3.8) is 0 Å². The fourth-order valence-electron chi connectivity index (χ4n) is 4.20. The summed E-state index contributed by atoms with van der Waals surface area (Å²) in [7, 11) is 0. The zero-order chi connectivity index (χ0) is 21.8. The zero-order valence-corrected chi connectivity index (χ0v) is 17.2. The topological polar surface area (TPSA) is 82.8 Å². The van der Waals surface area contributed by atoms with Crippen LogP contribution in [0.15, 0.2) is 61.2 Å². The van der Waals surface area contributed by atoms with E-state index in [1.165, 1.54) is 18.5 Å². The molecule has 0 N–H and O–H groups in total. The maximum atomic E-state index is 13.3. The van der Waals surface area contributed by atoms with E-state index in [4.69, 9.17) is 0 Å². The van der Waals surface area contributed by atoms with Crippen molar-refractivity contribution in [3.8, 4) is 17.5 Å². The number of hydrogen-bond donors (Lipinski definition) is 0. The molecule has 1 saturated heterocycles. The van der Waals surface area contributed by atoms with E-state index in [2.05, 4.69) is 21.0 Å². The number of pyridine rings is 1. The zero-order valence-electron chi connectivity index (χ0n) is 17.2. The van der Waals surface area contributed by atoms with Gasteiger partial charge in [0.2, 0.25) is 0 Å². The molecule has 6 nitrogen and oxygen atoms in total. The molecule has 1 fully saturated rings. The van der Waals surface area contributed by atoms with Crippen LogP contribution in [-0.4, -0.2) is 38.8 Å². The molecule has 3 heterocycles. The fourth-order valence-corrected chi connectivity index (χ4v) is 4.20. The molecule has 7 heteroatoms. The highest BCUT2D eigenvalue weighted by molar-refractivity contribution is 5.99. The Morgan fingerprint density at radius 3 is 2.52 bits per heavy atom. The van der Waals surface area contributed by atoms with Crippen LogP contribution in [0.25, 0.3) is 11.4 Å². The number of aromatic nitrogens is 3. The van der Waals surface area contributed by atoms with Crippen LogP contribution >= 0.6 is 0 Å². The summed E-state index contributed by atoms with van der Waals surface area (Å²) in [6, 6.07) is 14.0. The van der Waals surface area contributed by atoms with Gasteiger partial charge < -0.3 is 4.90 Å². The molecule has 156 valence electrons. The number of amides is 1. The van der Waals surface area contributed by atoms with Crippen molar-refractivity contribution >= 4 is 5.91 Å². The van der Waals surface area contributed by atoms with Crippen molar-refractivity contribution in [2.45, 2.75) is 25.7 Å². The molecule has 0 saturated carbocycles. The molecule has 2 aromatic heterocycles. The SMILES string of the molecule is C[C@@H](c1ccc(F)cc1)C1(C#N)CCN(C(=O)c2cccnc2-c2ccncn2)CC1. The largest absolute Gasteiger partial charge is 0.338 e. The minimum Gasteiger partial charge on any atom is -0.338 e. The van der Waals surface area contributed by atoms with E-state index in [0.29, 0.717) is 42.9 Å². The lowest BCUT2D eigenvalue weighted by molar-refractivity contribution is 0.0623. The van der Waals surface area contributed by atoms with Crippen molar-refractivity contribution in [1.29, 1.82) is 5.26 Å². The first kappa shape index (κ1) is 20.6. The van der Waals surface area contributed by atoms with Gasteiger partial charge in [-0.15, -0.1) is 0 Å². The molecule has 0 unspecified atom stereocenters. The standard InChI is InChI=1S/C24H22FN5O/c1-17(18-4-6-19(25)7-5-18)24(15-26)9-13-30(14-10-24)23(31)20-3-2-11-28-22(20)21-8-12-27-16-29-21/h2-8,11-12,16-17H,9-10,13-14H2,1H3/t17-/m0/s1. The minimum atomic E-state index is -0.598. The number of likely N-dealkylation sites (tertiary alicyclic amines) is 1. The van der Waals surface area contributed by atoms with Crippen LogP contribution in [0.1, 0.15) is 41.6 Å². The molecule has 3 aromatic rings. The number of hydrogen-bond acceptors (Lipinski definition) is 5. The fraction of sp³-hybridized carbons (Fsp3) is 0.292. The second kappa shape index (κ2) is 8.60. The molecule has 0 aliphatic carbocycles. The Bertz CT molecular complexity index is 1100. The molecule has 0 bridgehead atoms. The predicted molar refractivity (Wildman–Crippen MR) is 113 cm³/mol. The summed E-state index contributed by atoms with van der Waals surface area (Å²) < 4.78 is 13.3. The molecule has 1 amide bonds. The quantitative estimate of drug-likeness (QED) is 0.637.